The SMILES string of the molecule is COCCCc1cc(-c2ccc(F)c(C)c2)nn1CC(=O)N1Cc2nc(C)sc2C1. The fourth-order valence-corrected chi connectivity index (χ4v) is 4.67. The Hall–Kier alpha value is -2.58. The van der Waals surface area contributed by atoms with E-state index in [4.69, 9.17) is 4.74 Å². The Balaban J connectivity index is 1.54. The summed E-state index contributed by atoms with van der Waals surface area (Å²) >= 11 is 1.65. The summed E-state index contributed by atoms with van der Waals surface area (Å²) < 4.78 is 20.6. The zero-order chi connectivity index (χ0) is 21.3. The van der Waals surface area contributed by atoms with Gasteiger partial charge in [0, 0.05) is 29.9 Å². The van der Waals surface area contributed by atoms with E-state index in [9.17, 15) is 9.18 Å². The van der Waals surface area contributed by atoms with Crippen molar-refractivity contribution in [3.05, 3.63) is 56.9 Å². The highest BCUT2D eigenvalue weighted by Gasteiger charge is 2.27. The molecule has 6 nitrogen and oxygen atoms in total. The maximum Gasteiger partial charge on any atom is 0.244 e. The molecule has 158 valence electrons. The number of hydrogen-bond donors (Lipinski definition) is 0. The number of halogens is 1. The van der Waals surface area contributed by atoms with Gasteiger partial charge in [0.15, 0.2) is 0 Å². The van der Waals surface area contributed by atoms with E-state index < -0.39 is 0 Å². The van der Waals surface area contributed by atoms with E-state index in [0.717, 1.165) is 40.5 Å². The number of ether oxygens (including phenoxy) is 1. The van der Waals surface area contributed by atoms with Crippen LogP contribution in [0.3, 0.4) is 0 Å². The molecule has 1 aromatic carbocycles. The average Bonchev–Trinajstić information content (AvgIpc) is 3.37. The van der Waals surface area contributed by atoms with Crippen molar-refractivity contribution in [2.24, 2.45) is 0 Å². The number of aryl methyl sites for hydroxylation is 3. The Morgan fingerprint density at radius 3 is 2.83 bits per heavy atom. The van der Waals surface area contributed by atoms with Gasteiger partial charge >= 0.3 is 0 Å². The minimum absolute atomic E-state index is 0.0239. The van der Waals surface area contributed by atoms with Crippen LogP contribution in [0.5, 0.6) is 0 Å². The molecule has 30 heavy (non-hydrogen) atoms. The van der Waals surface area contributed by atoms with Crippen LogP contribution in [0.1, 0.15) is 33.3 Å². The first-order chi connectivity index (χ1) is 14.4. The van der Waals surface area contributed by atoms with E-state index in [1.807, 2.05) is 17.9 Å². The maximum absolute atomic E-state index is 13.7. The first-order valence-corrected chi connectivity index (χ1v) is 10.8. The molecule has 0 spiro atoms. The molecule has 0 bridgehead atoms. The van der Waals surface area contributed by atoms with Crippen LogP contribution >= 0.6 is 11.3 Å². The third-order valence-electron chi connectivity index (χ3n) is 5.30. The van der Waals surface area contributed by atoms with E-state index >= 15 is 0 Å². The highest BCUT2D eigenvalue weighted by molar-refractivity contribution is 7.11. The van der Waals surface area contributed by atoms with Crippen LogP contribution in [0.4, 0.5) is 4.39 Å². The van der Waals surface area contributed by atoms with Crippen molar-refractivity contribution >= 4 is 17.2 Å². The summed E-state index contributed by atoms with van der Waals surface area (Å²) in [5.41, 5.74) is 4.15. The molecule has 0 unspecified atom stereocenters. The molecule has 0 saturated carbocycles. The minimum Gasteiger partial charge on any atom is -0.385 e. The van der Waals surface area contributed by atoms with Gasteiger partial charge in [0.2, 0.25) is 5.91 Å². The summed E-state index contributed by atoms with van der Waals surface area (Å²) in [6, 6.07) is 6.95. The largest absolute Gasteiger partial charge is 0.385 e. The summed E-state index contributed by atoms with van der Waals surface area (Å²) in [5, 5.41) is 5.73. The zero-order valence-electron chi connectivity index (χ0n) is 17.4. The molecule has 0 radical (unpaired) electrons. The summed E-state index contributed by atoms with van der Waals surface area (Å²) in [7, 11) is 1.68. The number of aromatic nitrogens is 3. The number of carbonyl (C=O) groups excluding carboxylic acids is 1. The van der Waals surface area contributed by atoms with Gasteiger partial charge in [-0.3, -0.25) is 9.48 Å². The minimum atomic E-state index is -0.237. The Morgan fingerprint density at radius 2 is 2.10 bits per heavy atom. The molecule has 8 heteroatoms. The fourth-order valence-electron chi connectivity index (χ4n) is 3.71. The Labute approximate surface area is 179 Å². The molecule has 1 aliphatic rings. The summed E-state index contributed by atoms with van der Waals surface area (Å²) in [6.07, 6.45) is 1.59. The van der Waals surface area contributed by atoms with Gasteiger partial charge in [-0.2, -0.15) is 5.10 Å². The predicted molar refractivity (Wildman–Crippen MR) is 114 cm³/mol. The van der Waals surface area contributed by atoms with E-state index in [-0.39, 0.29) is 18.3 Å². The number of nitrogens with zero attached hydrogens (tertiary/aromatic N) is 4. The van der Waals surface area contributed by atoms with Gasteiger partial charge in [-0.1, -0.05) is 0 Å². The number of hydrogen-bond acceptors (Lipinski definition) is 5. The normalized spacial score (nSPS) is 13.1. The molecule has 4 rings (SSSR count). The van der Waals surface area contributed by atoms with Gasteiger partial charge in [0.1, 0.15) is 12.4 Å². The van der Waals surface area contributed by atoms with Crippen molar-refractivity contribution in [1.82, 2.24) is 19.7 Å². The topological polar surface area (TPSA) is 60.3 Å². The number of fused-ring (bicyclic) bond motifs is 1. The van der Waals surface area contributed by atoms with Crippen LogP contribution in [0.2, 0.25) is 0 Å². The Kier molecular flexibility index (Phi) is 5.97. The number of methoxy groups -OCH3 is 1. The van der Waals surface area contributed by atoms with Crippen LogP contribution in [-0.4, -0.2) is 39.3 Å². The molecule has 3 aromatic rings. The highest BCUT2D eigenvalue weighted by atomic mass is 32.1. The number of rotatable bonds is 7. The standard InChI is InChI=1S/C22H25FN4O2S/c1-14-9-16(6-7-18(14)23)19-10-17(5-4-8-29-3)27(25-19)13-22(28)26-11-20-21(12-26)30-15(2)24-20/h6-7,9-10H,4-5,8,11-13H2,1-3H3. The lowest BCUT2D eigenvalue weighted by molar-refractivity contribution is -0.132. The van der Waals surface area contributed by atoms with Crippen molar-refractivity contribution in [3.63, 3.8) is 0 Å². The summed E-state index contributed by atoms with van der Waals surface area (Å²) in [5.74, 6) is -0.213. The first kappa shape index (κ1) is 20.7. The van der Waals surface area contributed by atoms with Gasteiger partial charge in [0.05, 0.1) is 29.5 Å². The van der Waals surface area contributed by atoms with Crippen LogP contribution in [-0.2, 0) is 35.6 Å². The third-order valence-corrected chi connectivity index (χ3v) is 6.29. The van der Waals surface area contributed by atoms with E-state index in [1.54, 1.807) is 42.2 Å². The number of amides is 1. The number of thiazole rings is 1. The average molecular weight is 429 g/mol. The van der Waals surface area contributed by atoms with Crippen LogP contribution in [0.15, 0.2) is 24.3 Å². The highest BCUT2D eigenvalue weighted by Crippen LogP contribution is 2.28. The monoisotopic (exact) mass is 428 g/mol. The Bertz CT molecular complexity index is 1050. The van der Waals surface area contributed by atoms with Gasteiger partial charge in [-0.15, -0.1) is 11.3 Å². The van der Waals surface area contributed by atoms with Gasteiger partial charge in [0.25, 0.3) is 0 Å². The summed E-state index contributed by atoms with van der Waals surface area (Å²) in [6.45, 7) is 5.72. The second-order valence-electron chi connectivity index (χ2n) is 7.59. The Morgan fingerprint density at radius 1 is 1.27 bits per heavy atom. The van der Waals surface area contributed by atoms with E-state index in [0.29, 0.717) is 25.3 Å². The second kappa shape index (κ2) is 8.65. The molecule has 0 atom stereocenters. The van der Waals surface area contributed by atoms with Crippen molar-refractivity contribution in [2.75, 3.05) is 13.7 Å². The number of carbonyl (C=O) groups is 1. The molecule has 0 N–H and O–H groups in total. The maximum atomic E-state index is 13.7. The molecule has 2 aromatic heterocycles. The third kappa shape index (κ3) is 4.29. The molecular weight excluding hydrogens is 403 g/mol. The lowest BCUT2D eigenvalue weighted by atomic mass is 10.1. The van der Waals surface area contributed by atoms with Crippen LogP contribution < -0.4 is 0 Å². The molecule has 1 aliphatic heterocycles. The number of benzene rings is 1. The lowest BCUT2D eigenvalue weighted by Gasteiger charge is -2.16. The van der Waals surface area contributed by atoms with Gasteiger partial charge < -0.3 is 9.64 Å². The van der Waals surface area contributed by atoms with Crippen LogP contribution in [0, 0.1) is 19.7 Å². The zero-order valence-corrected chi connectivity index (χ0v) is 18.3. The molecule has 1 amide bonds. The molecule has 0 fully saturated rings. The van der Waals surface area contributed by atoms with Gasteiger partial charge in [-0.05, 0) is 56.5 Å². The van der Waals surface area contributed by atoms with Crippen molar-refractivity contribution < 1.29 is 13.9 Å². The first-order valence-electron chi connectivity index (χ1n) is 9.99. The molecule has 0 aliphatic carbocycles. The van der Waals surface area contributed by atoms with Crippen LogP contribution in [0.25, 0.3) is 11.3 Å². The summed E-state index contributed by atoms with van der Waals surface area (Å²) in [4.78, 5) is 20.5. The van der Waals surface area contributed by atoms with E-state index in [1.165, 1.54) is 10.9 Å². The lowest BCUT2D eigenvalue weighted by Crippen LogP contribution is -2.30. The molecule has 0 saturated heterocycles. The van der Waals surface area contributed by atoms with Gasteiger partial charge in [-0.25, -0.2) is 9.37 Å². The predicted octanol–water partition coefficient (Wildman–Crippen LogP) is 3.88. The van der Waals surface area contributed by atoms with Crippen molar-refractivity contribution in [2.45, 2.75) is 46.3 Å². The molecule has 3 heterocycles. The smallest absolute Gasteiger partial charge is 0.244 e. The molecular formula is C22H25FN4O2S. The quantitative estimate of drug-likeness (QED) is 0.536. The second-order valence-corrected chi connectivity index (χ2v) is 8.88. The van der Waals surface area contributed by atoms with Crippen molar-refractivity contribution in [3.8, 4) is 11.3 Å². The fraction of sp³-hybridized carbons (Fsp3) is 0.409. The van der Waals surface area contributed by atoms with Crippen molar-refractivity contribution in [1.29, 1.82) is 0 Å². The van der Waals surface area contributed by atoms with E-state index in [2.05, 4.69) is 10.1 Å².